The maximum absolute atomic E-state index is 6.32. The van der Waals surface area contributed by atoms with Crippen molar-refractivity contribution < 1.29 is 0 Å². The number of halogens is 1. The highest BCUT2D eigenvalue weighted by Gasteiger charge is 2.17. The number of nitrogens with one attached hydrogen (secondary N) is 1. The van der Waals surface area contributed by atoms with Crippen molar-refractivity contribution in [3.05, 3.63) is 59.1 Å². The molecule has 2 aromatic carbocycles. The lowest BCUT2D eigenvalue weighted by molar-refractivity contribution is 0.712. The average molecular weight is 259 g/mol. The highest BCUT2D eigenvalue weighted by atomic mass is 35.5. The van der Waals surface area contributed by atoms with E-state index in [2.05, 4.69) is 40.5 Å². The molecule has 0 aliphatic carbocycles. The van der Waals surface area contributed by atoms with Crippen LogP contribution in [0.3, 0.4) is 0 Å². The van der Waals surface area contributed by atoms with Gasteiger partial charge in [-0.25, -0.2) is 0 Å². The van der Waals surface area contributed by atoms with Gasteiger partial charge in [-0.1, -0.05) is 41.9 Å². The maximum atomic E-state index is 6.32. The number of fused-ring (bicyclic) bond motifs is 1. The summed E-state index contributed by atoms with van der Waals surface area (Å²) in [5, 5.41) is 4.24. The molecule has 0 spiro atoms. The highest BCUT2D eigenvalue weighted by molar-refractivity contribution is 6.33. The first-order valence-electron chi connectivity index (χ1n) is 6.17. The molecule has 2 aromatic rings. The van der Waals surface area contributed by atoms with E-state index < -0.39 is 0 Å². The van der Waals surface area contributed by atoms with Crippen LogP contribution < -0.4 is 10.2 Å². The zero-order chi connectivity index (χ0) is 12.4. The van der Waals surface area contributed by atoms with Gasteiger partial charge in [-0.15, -0.1) is 0 Å². The van der Waals surface area contributed by atoms with Crippen LogP contribution in [0.15, 0.2) is 48.5 Å². The molecule has 0 bridgehead atoms. The van der Waals surface area contributed by atoms with Gasteiger partial charge in [0.05, 0.1) is 10.7 Å². The maximum Gasteiger partial charge on any atom is 0.0643 e. The summed E-state index contributed by atoms with van der Waals surface area (Å²) in [7, 11) is 0. The third-order valence-corrected chi connectivity index (χ3v) is 3.57. The summed E-state index contributed by atoms with van der Waals surface area (Å²) in [6, 6.07) is 16.5. The fraction of sp³-hybridized carbons (Fsp3) is 0.200. The van der Waals surface area contributed by atoms with Gasteiger partial charge in [0.15, 0.2) is 0 Å². The smallest absolute Gasteiger partial charge is 0.0643 e. The molecule has 0 saturated carbocycles. The van der Waals surface area contributed by atoms with Crippen LogP contribution in [0.1, 0.15) is 5.56 Å². The lowest BCUT2D eigenvalue weighted by Crippen LogP contribution is -2.24. The topological polar surface area (TPSA) is 15.3 Å². The molecule has 2 nitrogen and oxygen atoms in total. The second-order valence-corrected chi connectivity index (χ2v) is 4.82. The number of rotatable bonds is 1. The van der Waals surface area contributed by atoms with Gasteiger partial charge in [-0.05, 0) is 23.8 Å². The molecule has 0 aromatic heterocycles. The first-order chi connectivity index (χ1) is 8.86. The van der Waals surface area contributed by atoms with E-state index in [9.17, 15) is 0 Å². The second kappa shape index (κ2) is 5.01. The molecule has 0 unspecified atom stereocenters. The highest BCUT2D eigenvalue weighted by Crippen LogP contribution is 2.34. The minimum atomic E-state index is 0.800. The minimum absolute atomic E-state index is 0.800. The van der Waals surface area contributed by atoms with Crippen LogP contribution in [0.5, 0.6) is 0 Å². The van der Waals surface area contributed by atoms with Crippen LogP contribution in [0.4, 0.5) is 11.4 Å². The lowest BCUT2D eigenvalue weighted by atomic mass is 10.1. The lowest BCUT2D eigenvalue weighted by Gasteiger charge is -2.25. The van der Waals surface area contributed by atoms with Gasteiger partial charge in [0, 0.05) is 25.3 Å². The Morgan fingerprint density at radius 2 is 1.67 bits per heavy atom. The molecule has 3 rings (SSSR count). The SMILES string of the molecule is Clc1ccccc1N1CCNCc2ccccc21. The van der Waals surface area contributed by atoms with E-state index >= 15 is 0 Å². The number of anilines is 2. The van der Waals surface area contributed by atoms with Gasteiger partial charge in [-0.3, -0.25) is 0 Å². The van der Waals surface area contributed by atoms with Crippen molar-refractivity contribution in [2.45, 2.75) is 6.54 Å². The molecular weight excluding hydrogens is 244 g/mol. The molecule has 3 heteroatoms. The molecule has 92 valence electrons. The van der Waals surface area contributed by atoms with E-state index in [1.54, 1.807) is 0 Å². The first-order valence-corrected chi connectivity index (χ1v) is 6.55. The van der Waals surface area contributed by atoms with Crippen molar-refractivity contribution in [2.75, 3.05) is 18.0 Å². The largest absolute Gasteiger partial charge is 0.339 e. The van der Waals surface area contributed by atoms with Gasteiger partial charge in [0.25, 0.3) is 0 Å². The van der Waals surface area contributed by atoms with Crippen LogP contribution in [0, 0.1) is 0 Å². The Morgan fingerprint density at radius 1 is 0.944 bits per heavy atom. The van der Waals surface area contributed by atoms with Crippen molar-refractivity contribution in [1.82, 2.24) is 5.32 Å². The van der Waals surface area contributed by atoms with Crippen LogP contribution in [0.25, 0.3) is 0 Å². The molecule has 1 aliphatic heterocycles. The third kappa shape index (κ3) is 2.09. The summed E-state index contributed by atoms with van der Waals surface area (Å²) >= 11 is 6.32. The summed E-state index contributed by atoms with van der Waals surface area (Å²) in [5.41, 5.74) is 3.64. The summed E-state index contributed by atoms with van der Waals surface area (Å²) in [5.74, 6) is 0. The summed E-state index contributed by atoms with van der Waals surface area (Å²) < 4.78 is 0. The van der Waals surface area contributed by atoms with Gasteiger partial charge in [0.2, 0.25) is 0 Å². The molecule has 18 heavy (non-hydrogen) atoms. The quantitative estimate of drug-likeness (QED) is 0.841. The van der Waals surface area contributed by atoms with Crippen molar-refractivity contribution in [2.24, 2.45) is 0 Å². The number of para-hydroxylation sites is 2. The van der Waals surface area contributed by atoms with Crippen molar-refractivity contribution in [3.63, 3.8) is 0 Å². The molecule has 0 atom stereocenters. The molecule has 0 saturated heterocycles. The molecule has 1 aliphatic rings. The van der Waals surface area contributed by atoms with Crippen molar-refractivity contribution in [3.8, 4) is 0 Å². The Balaban J connectivity index is 2.10. The van der Waals surface area contributed by atoms with E-state index in [4.69, 9.17) is 11.6 Å². The average Bonchev–Trinajstić information content (AvgIpc) is 2.62. The normalized spacial score (nSPS) is 15.1. The van der Waals surface area contributed by atoms with E-state index in [1.807, 2.05) is 18.2 Å². The molecule has 0 amide bonds. The molecule has 1 heterocycles. The standard InChI is InChI=1S/C15H15ClN2/c16-13-6-2-4-8-15(13)18-10-9-17-11-12-5-1-3-7-14(12)18/h1-8,17H,9-11H2. The Labute approximate surface area is 112 Å². The Bertz CT molecular complexity index is 554. The Morgan fingerprint density at radius 3 is 2.50 bits per heavy atom. The number of hydrogen-bond acceptors (Lipinski definition) is 2. The molecule has 0 radical (unpaired) electrons. The first kappa shape index (κ1) is 11.6. The number of nitrogens with zero attached hydrogens (tertiary/aromatic N) is 1. The van der Waals surface area contributed by atoms with Gasteiger partial charge < -0.3 is 10.2 Å². The monoisotopic (exact) mass is 258 g/mol. The zero-order valence-electron chi connectivity index (χ0n) is 10.1. The van der Waals surface area contributed by atoms with Crippen LogP contribution in [-0.2, 0) is 6.54 Å². The molecular formula is C15H15ClN2. The Kier molecular flexibility index (Phi) is 3.22. The molecule has 1 N–H and O–H groups in total. The number of benzene rings is 2. The van der Waals surface area contributed by atoms with Gasteiger partial charge in [-0.2, -0.15) is 0 Å². The van der Waals surface area contributed by atoms with Crippen molar-refractivity contribution in [1.29, 1.82) is 0 Å². The fourth-order valence-electron chi connectivity index (χ4n) is 2.38. The van der Waals surface area contributed by atoms with E-state index in [1.165, 1.54) is 11.3 Å². The summed E-state index contributed by atoms with van der Waals surface area (Å²) in [6.45, 7) is 2.80. The third-order valence-electron chi connectivity index (χ3n) is 3.25. The van der Waals surface area contributed by atoms with Crippen LogP contribution in [-0.4, -0.2) is 13.1 Å². The fourth-order valence-corrected chi connectivity index (χ4v) is 2.62. The summed E-state index contributed by atoms with van der Waals surface area (Å²) in [6.07, 6.45) is 0. The van der Waals surface area contributed by atoms with Crippen LogP contribution >= 0.6 is 11.6 Å². The zero-order valence-corrected chi connectivity index (χ0v) is 10.8. The van der Waals surface area contributed by atoms with Gasteiger partial charge in [0.1, 0.15) is 0 Å². The van der Waals surface area contributed by atoms with E-state index in [0.29, 0.717) is 0 Å². The second-order valence-electron chi connectivity index (χ2n) is 4.41. The minimum Gasteiger partial charge on any atom is -0.339 e. The predicted molar refractivity (Wildman–Crippen MR) is 76.6 cm³/mol. The van der Waals surface area contributed by atoms with Gasteiger partial charge >= 0.3 is 0 Å². The van der Waals surface area contributed by atoms with E-state index in [0.717, 1.165) is 30.3 Å². The predicted octanol–water partition coefficient (Wildman–Crippen LogP) is 3.58. The van der Waals surface area contributed by atoms with Crippen LogP contribution in [0.2, 0.25) is 5.02 Å². The summed E-state index contributed by atoms with van der Waals surface area (Å²) in [4.78, 5) is 2.29. The van der Waals surface area contributed by atoms with Crippen molar-refractivity contribution >= 4 is 23.0 Å². The Hall–Kier alpha value is -1.51. The molecule has 0 fully saturated rings. The number of hydrogen-bond donors (Lipinski definition) is 1. The van der Waals surface area contributed by atoms with E-state index in [-0.39, 0.29) is 0 Å².